The molecule has 2 aliphatic heterocycles. The number of aromatic nitrogens is 4. The van der Waals surface area contributed by atoms with Gasteiger partial charge >= 0.3 is 6.55 Å². The summed E-state index contributed by atoms with van der Waals surface area (Å²) in [6, 6.07) is 6.99. The van der Waals surface area contributed by atoms with Gasteiger partial charge in [-0.3, -0.25) is 9.98 Å². The number of nitrogens with one attached hydrogen (secondary N) is 2. The zero-order valence-corrected chi connectivity index (χ0v) is 27.5. The highest BCUT2D eigenvalue weighted by atomic mass is 35.5. The van der Waals surface area contributed by atoms with Crippen LogP contribution in [0.4, 0.5) is 13.2 Å². The Morgan fingerprint density at radius 2 is 1.91 bits per heavy atom. The molecule has 4 aromatic rings. The Bertz CT molecular complexity index is 2060. The van der Waals surface area contributed by atoms with Crippen LogP contribution in [0.3, 0.4) is 0 Å². The summed E-state index contributed by atoms with van der Waals surface area (Å²) in [5.41, 5.74) is 1.61. The van der Waals surface area contributed by atoms with Crippen LogP contribution in [0.1, 0.15) is 47.0 Å². The second kappa shape index (κ2) is 13.1. The average molecular weight is 727 g/mol. The summed E-state index contributed by atoms with van der Waals surface area (Å²) in [6.07, 6.45) is 5.16. The van der Waals surface area contributed by atoms with Gasteiger partial charge < -0.3 is 4.90 Å². The van der Waals surface area contributed by atoms with Gasteiger partial charge in [-0.15, -0.1) is 11.3 Å². The summed E-state index contributed by atoms with van der Waals surface area (Å²) < 4.78 is 98.1. The summed E-state index contributed by atoms with van der Waals surface area (Å²) in [4.78, 5) is 15.2. The van der Waals surface area contributed by atoms with Crippen LogP contribution >= 0.6 is 22.9 Å². The summed E-state index contributed by atoms with van der Waals surface area (Å²) in [6.45, 7) is -2.87. The molecule has 0 spiro atoms. The first kappa shape index (κ1) is 33.2. The molecular formula is C28H26ClF3N8O4S3. The Labute approximate surface area is 277 Å². The molecule has 1 unspecified atom stereocenters. The van der Waals surface area contributed by atoms with E-state index in [2.05, 4.69) is 24.5 Å². The molecule has 19 heteroatoms. The minimum Gasteiger partial charge on any atom is -0.326 e. The highest BCUT2D eigenvalue weighted by Gasteiger charge is 2.42. The monoisotopic (exact) mass is 726 g/mol. The predicted octanol–water partition coefficient (Wildman–Crippen LogP) is 4.12. The molecule has 2 N–H and O–H groups in total. The first-order valence-electron chi connectivity index (χ1n) is 13.9. The summed E-state index contributed by atoms with van der Waals surface area (Å²) in [5.74, 6) is -0.750. The van der Waals surface area contributed by atoms with Crippen molar-refractivity contribution in [3.8, 4) is 0 Å². The lowest BCUT2D eigenvalue weighted by atomic mass is 9.92. The third-order valence-corrected chi connectivity index (χ3v) is 10.6. The van der Waals surface area contributed by atoms with Crippen LogP contribution in [0.15, 0.2) is 77.1 Å². The number of sulfone groups is 1. The fourth-order valence-corrected chi connectivity index (χ4v) is 8.66. The standard InChI is InChI=1S/C28H26ClF3N8O4S3/c1-46(41,42)15-22(20-4-2-3-8-33-20)38-47(43,44)37-17-13-23-24(21-7-10-40(36-21)28(31)32)25(18-6-5-16(30)12-19(18)29)35-26(39(23)14-17)27-34-9-11-45-27/h2-12,17,22,25,28,37-38H,13-15H2,1H3/t17-,22?,25-/m0/s1. The van der Waals surface area contributed by atoms with E-state index in [1.54, 1.807) is 28.6 Å². The number of nitrogens with zero attached hydrogens (tertiary/aromatic N) is 6. The van der Waals surface area contributed by atoms with Crippen molar-refractivity contribution in [1.29, 1.82) is 0 Å². The number of benzene rings is 1. The molecule has 5 heterocycles. The molecular weight excluding hydrogens is 701 g/mol. The van der Waals surface area contributed by atoms with E-state index in [0.717, 1.165) is 18.5 Å². The minimum absolute atomic E-state index is 0.0444. The van der Waals surface area contributed by atoms with Crippen LogP contribution in [0.5, 0.6) is 0 Å². The smallest absolute Gasteiger partial charge is 0.326 e. The van der Waals surface area contributed by atoms with Gasteiger partial charge in [-0.05, 0) is 30.3 Å². The number of hydrogen-bond donors (Lipinski definition) is 2. The van der Waals surface area contributed by atoms with E-state index in [9.17, 15) is 30.0 Å². The second-order valence-electron chi connectivity index (χ2n) is 10.8. The van der Waals surface area contributed by atoms with Gasteiger partial charge in [-0.25, -0.2) is 22.5 Å². The molecule has 2 aliphatic rings. The third kappa shape index (κ3) is 7.42. The Morgan fingerprint density at radius 3 is 2.55 bits per heavy atom. The SMILES string of the molecule is CS(=O)(=O)CC(NS(=O)(=O)N[C@H]1CC2=C(c3ccn(C(F)F)n3)[C@H](c3ccc(F)cc3Cl)N=C(c3nccs3)N2C1)c1ccccn1. The number of aliphatic imine (C=N–C) groups is 1. The Balaban J connectivity index is 1.40. The van der Waals surface area contributed by atoms with E-state index >= 15 is 0 Å². The quantitative estimate of drug-likeness (QED) is 0.234. The van der Waals surface area contributed by atoms with Crippen LogP contribution in [-0.2, 0) is 20.0 Å². The second-order valence-corrected chi connectivity index (χ2v) is 15.8. The van der Waals surface area contributed by atoms with Gasteiger partial charge in [0.25, 0.3) is 10.2 Å². The molecule has 3 atom stereocenters. The Kier molecular flexibility index (Phi) is 9.25. The van der Waals surface area contributed by atoms with Crippen LogP contribution in [-0.4, -0.2) is 71.9 Å². The number of rotatable bonds is 11. The largest absolute Gasteiger partial charge is 0.333 e. The number of halogens is 4. The number of fused-ring (bicyclic) bond motifs is 1. The van der Waals surface area contributed by atoms with Crippen molar-refractivity contribution >= 4 is 54.4 Å². The highest BCUT2D eigenvalue weighted by Crippen LogP contribution is 2.46. The molecule has 6 rings (SSSR count). The van der Waals surface area contributed by atoms with Crippen LogP contribution in [0.25, 0.3) is 5.57 Å². The molecule has 1 saturated heterocycles. The molecule has 1 aromatic carbocycles. The minimum atomic E-state index is -4.35. The van der Waals surface area contributed by atoms with E-state index < -0.39 is 56.3 Å². The van der Waals surface area contributed by atoms with Crippen LogP contribution < -0.4 is 9.44 Å². The fraction of sp³-hybridized carbons (Fsp3) is 0.286. The van der Waals surface area contributed by atoms with Crippen molar-refractivity contribution < 1.29 is 30.0 Å². The molecule has 1 fully saturated rings. The van der Waals surface area contributed by atoms with Crippen molar-refractivity contribution in [1.82, 2.24) is 34.1 Å². The number of alkyl halides is 2. The summed E-state index contributed by atoms with van der Waals surface area (Å²) >= 11 is 7.78. The molecule has 12 nitrogen and oxygen atoms in total. The molecule has 0 aliphatic carbocycles. The maximum Gasteiger partial charge on any atom is 0.333 e. The van der Waals surface area contributed by atoms with Gasteiger partial charge in [0.15, 0.2) is 10.8 Å². The van der Waals surface area contributed by atoms with Crippen LogP contribution in [0, 0.1) is 5.82 Å². The van der Waals surface area contributed by atoms with Crippen molar-refractivity contribution in [2.75, 3.05) is 18.6 Å². The fourth-order valence-electron chi connectivity index (χ4n) is 5.54. The number of amidine groups is 1. The Hall–Kier alpha value is -3.68. The van der Waals surface area contributed by atoms with Crippen molar-refractivity contribution in [3.63, 3.8) is 0 Å². The maximum atomic E-state index is 14.1. The molecule has 0 saturated carbocycles. The number of thiazole rings is 1. The summed E-state index contributed by atoms with van der Waals surface area (Å²) in [7, 11) is -7.98. The van der Waals surface area contributed by atoms with Gasteiger partial charge in [0, 0.05) is 71.1 Å². The number of hydrogen-bond acceptors (Lipinski definition) is 10. The molecule has 0 amide bonds. The molecule has 248 valence electrons. The highest BCUT2D eigenvalue weighted by molar-refractivity contribution is 7.90. The van der Waals surface area contributed by atoms with Crippen molar-refractivity contribution in [3.05, 3.63) is 105 Å². The van der Waals surface area contributed by atoms with Crippen LogP contribution in [0.2, 0.25) is 5.02 Å². The first-order valence-corrected chi connectivity index (χ1v) is 18.7. The van der Waals surface area contributed by atoms with Gasteiger partial charge in [0.2, 0.25) is 0 Å². The van der Waals surface area contributed by atoms with E-state index in [0.29, 0.717) is 32.4 Å². The van der Waals surface area contributed by atoms with Gasteiger partial charge in [-0.2, -0.15) is 31.7 Å². The Morgan fingerprint density at radius 1 is 1.11 bits per heavy atom. The lowest BCUT2D eigenvalue weighted by Crippen LogP contribution is -2.46. The maximum absolute atomic E-state index is 14.1. The zero-order chi connectivity index (χ0) is 33.5. The van der Waals surface area contributed by atoms with Crippen molar-refractivity contribution in [2.45, 2.75) is 31.1 Å². The molecule has 0 bridgehead atoms. The molecule has 3 aromatic heterocycles. The predicted molar refractivity (Wildman–Crippen MR) is 170 cm³/mol. The van der Waals surface area contributed by atoms with Gasteiger partial charge in [0.05, 0.1) is 23.2 Å². The number of pyridine rings is 1. The van der Waals surface area contributed by atoms with Gasteiger partial charge in [0.1, 0.15) is 21.7 Å². The molecule has 47 heavy (non-hydrogen) atoms. The normalized spacial score (nSPS) is 19.3. The van der Waals surface area contributed by atoms with Crippen molar-refractivity contribution in [2.24, 2.45) is 4.99 Å². The third-order valence-electron chi connectivity index (χ3n) is 7.36. The summed E-state index contributed by atoms with van der Waals surface area (Å²) in [5, 5.41) is 6.35. The lowest BCUT2D eigenvalue weighted by Gasteiger charge is -2.32. The molecule has 0 radical (unpaired) electrons. The van der Waals surface area contributed by atoms with Gasteiger partial charge in [-0.1, -0.05) is 23.7 Å². The lowest BCUT2D eigenvalue weighted by molar-refractivity contribution is 0.0564. The first-order chi connectivity index (χ1) is 22.3. The zero-order valence-electron chi connectivity index (χ0n) is 24.3. The average Bonchev–Trinajstić information content (AvgIpc) is 3.77. The van der Waals surface area contributed by atoms with E-state index in [1.807, 2.05) is 0 Å². The van der Waals surface area contributed by atoms with E-state index in [-0.39, 0.29) is 29.4 Å². The topological polar surface area (TPSA) is 152 Å². The van der Waals surface area contributed by atoms with E-state index in [4.69, 9.17) is 16.6 Å². The van der Waals surface area contributed by atoms with E-state index in [1.165, 1.54) is 41.8 Å².